The summed E-state index contributed by atoms with van der Waals surface area (Å²) >= 11 is 1.39. The van der Waals surface area contributed by atoms with Gasteiger partial charge in [-0.1, -0.05) is 19.1 Å². The van der Waals surface area contributed by atoms with E-state index in [0.717, 1.165) is 10.4 Å². The third kappa shape index (κ3) is 4.04. The molecule has 3 aromatic rings. The number of amides is 2. The fourth-order valence-electron chi connectivity index (χ4n) is 2.94. The molecule has 0 spiro atoms. The Hall–Kier alpha value is -3.19. The fraction of sp³-hybridized carbons (Fsp3) is 0.190. The van der Waals surface area contributed by atoms with Gasteiger partial charge in [-0.3, -0.25) is 14.6 Å². The van der Waals surface area contributed by atoms with E-state index >= 15 is 0 Å². The maximum atomic E-state index is 13.1. The van der Waals surface area contributed by atoms with Gasteiger partial charge in [0.25, 0.3) is 11.8 Å². The van der Waals surface area contributed by atoms with Gasteiger partial charge in [-0.05, 0) is 43.2 Å². The summed E-state index contributed by atoms with van der Waals surface area (Å²) in [6, 6.07) is 10.6. The minimum Gasteiger partial charge on any atom is -0.495 e. The largest absolute Gasteiger partial charge is 0.495 e. The third-order valence-electron chi connectivity index (χ3n) is 4.30. The molecule has 0 radical (unpaired) electrons. The molecule has 0 aliphatic carbocycles. The number of para-hydroxylation sites is 2. The highest BCUT2D eigenvalue weighted by Gasteiger charge is 2.23. The average molecular weight is 395 g/mol. The first-order chi connectivity index (χ1) is 13.5. The molecule has 0 aliphatic heterocycles. The monoisotopic (exact) mass is 395 g/mol. The first kappa shape index (κ1) is 19.6. The number of hydrogen-bond donors (Lipinski definition) is 2. The third-order valence-corrected chi connectivity index (χ3v) is 5.36. The molecule has 0 saturated carbocycles. The van der Waals surface area contributed by atoms with Crippen LogP contribution in [-0.2, 0) is 6.42 Å². The number of anilines is 2. The Morgan fingerprint density at radius 3 is 2.57 bits per heavy atom. The maximum Gasteiger partial charge on any atom is 0.259 e. The number of thiophene rings is 1. The van der Waals surface area contributed by atoms with Crippen molar-refractivity contribution in [3.63, 3.8) is 0 Å². The van der Waals surface area contributed by atoms with Crippen molar-refractivity contribution in [2.45, 2.75) is 20.3 Å². The number of ether oxygens (including phenoxy) is 1. The van der Waals surface area contributed by atoms with E-state index in [9.17, 15) is 9.59 Å². The number of hydrogen-bond acceptors (Lipinski definition) is 5. The summed E-state index contributed by atoms with van der Waals surface area (Å²) in [7, 11) is 1.55. The highest BCUT2D eigenvalue weighted by Crippen LogP contribution is 2.35. The van der Waals surface area contributed by atoms with Crippen molar-refractivity contribution in [1.29, 1.82) is 0 Å². The van der Waals surface area contributed by atoms with Gasteiger partial charge in [-0.15, -0.1) is 11.3 Å². The molecule has 0 bridgehead atoms. The number of benzene rings is 1. The van der Waals surface area contributed by atoms with Crippen LogP contribution in [0.1, 0.15) is 38.1 Å². The van der Waals surface area contributed by atoms with E-state index in [1.54, 1.807) is 37.6 Å². The summed E-state index contributed by atoms with van der Waals surface area (Å²) in [4.78, 5) is 30.6. The molecule has 2 aromatic heterocycles. The molecule has 0 saturated heterocycles. The van der Waals surface area contributed by atoms with Gasteiger partial charge in [0, 0.05) is 17.3 Å². The molecule has 2 heterocycles. The predicted octanol–water partition coefficient (Wildman–Crippen LogP) is 4.53. The van der Waals surface area contributed by atoms with E-state index in [2.05, 4.69) is 15.6 Å². The molecule has 144 valence electrons. The van der Waals surface area contributed by atoms with Crippen LogP contribution in [0.2, 0.25) is 0 Å². The van der Waals surface area contributed by atoms with Crippen molar-refractivity contribution in [1.82, 2.24) is 4.98 Å². The molecule has 3 rings (SSSR count). The Labute approximate surface area is 167 Å². The molecule has 0 atom stereocenters. The summed E-state index contributed by atoms with van der Waals surface area (Å²) in [6.45, 7) is 3.94. The van der Waals surface area contributed by atoms with Crippen LogP contribution in [0.25, 0.3) is 0 Å². The van der Waals surface area contributed by atoms with E-state index in [1.165, 1.54) is 17.5 Å². The Kier molecular flexibility index (Phi) is 6.06. The van der Waals surface area contributed by atoms with Gasteiger partial charge >= 0.3 is 0 Å². The number of aryl methyl sites for hydroxylation is 1. The lowest BCUT2D eigenvalue weighted by molar-refractivity contribution is 0.102. The summed E-state index contributed by atoms with van der Waals surface area (Å²) in [5.74, 6) is -0.0164. The summed E-state index contributed by atoms with van der Waals surface area (Å²) in [6.07, 6.45) is 3.78. The van der Waals surface area contributed by atoms with Crippen LogP contribution in [0, 0.1) is 6.92 Å². The number of carbonyl (C=O) groups is 2. The Bertz CT molecular complexity index is 999. The van der Waals surface area contributed by atoms with Crippen LogP contribution in [0.3, 0.4) is 0 Å². The lowest BCUT2D eigenvalue weighted by Gasteiger charge is -2.12. The van der Waals surface area contributed by atoms with E-state index in [4.69, 9.17) is 4.74 Å². The van der Waals surface area contributed by atoms with Gasteiger partial charge < -0.3 is 15.4 Å². The summed E-state index contributed by atoms with van der Waals surface area (Å²) in [5, 5.41) is 6.29. The molecule has 28 heavy (non-hydrogen) atoms. The second-order valence-corrected chi connectivity index (χ2v) is 7.27. The van der Waals surface area contributed by atoms with Crippen molar-refractivity contribution in [2.75, 3.05) is 17.7 Å². The maximum absolute atomic E-state index is 13.1. The zero-order valence-corrected chi connectivity index (χ0v) is 16.7. The summed E-state index contributed by atoms with van der Waals surface area (Å²) in [5.41, 5.74) is 2.40. The highest BCUT2D eigenvalue weighted by atomic mass is 32.1. The molecule has 0 unspecified atom stereocenters. The fourth-order valence-corrected chi connectivity index (χ4v) is 4.08. The van der Waals surface area contributed by atoms with Crippen molar-refractivity contribution >= 4 is 33.8 Å². The molecular formula is C21H21N3O3S. The molecule has 0 aliphatic rings. The number of nitrogens with zero attached hydrogens (tertiary/aromatic N) is 1. The molecule has 1 aromatic carbocycles. The minimum atomic E-state index is -0.302. The van der Waals surface area contributed by atoms with Gasteiger partial charge in [-0.25, -0.2) is 0 Å². The van der Waals surface area contributed by atoms with Gasteiger partial charge in [-0.2, -0.15) is 0 Å². The number of pyridine rings is 1. The second kappa shape index (κ2) is 8.67. The van der Waals surface area contributed by atoms with E-state index in [1.807, 2.05) is 26.0 Å². The number of methoxy groups -OCH3 is 1. The van der Waals surface area contributed by atoms with Gasteiger partial charge in [0.1, 0.15) is 10.8 Å². The Morgan fingerprint density at radius 2 is 1.89 bits per heavy atom. The van der Waals surface area contributed by atoms with Crippen LogP contribution >= 0.6 is 11.3 Å². The van der Waals surface area contributed by atoms with Crippen LogP contribution in [0.5, 0.6) is 5.75 Å². The van der Waals surface area contributed by atoms with Gasteiger partial charge in [0.05, 0.1) is 23.9 Å². The van der Waals surface area contributed by atoms with Gasteiger partial charge in [0.15, 0.2) is 0 Å². The van der Waals surface area contributed by atoms with Crippen molar-refractivity contribution < 1.29 is 14.3 Å². The first-order valence-corrected chi connectivity index (χ1v) is 9.64. The molecule has 2 amide bonds. The zero-order valence-electron chi connectivity index (χ0n) is 15.9. The minimum absolute atomic E-state index is 0.285. The quantitative estimate of drug-likeness (QED) is 0.643. The van der Waals surface area contributed by atoms with E-state index < -0.39 is 0 Å². The topological polar surface area (TPSA) is 80.3 Å². The van der Waals surface area contributed by atoms with Crippen LogP contribution < -0.4 is 15.4 Å². The molecule has 2 N–H and O–H groups in total. The predicted molar refractivity (Wildman–Crippen MR) is 112 cm³/mol. The van der Waals surface area contributed by atoms with Crippen molar-refractivity contribution in [2.24, 2.45) is 0 Å². The standard InChI is InChI=1S/C21H21N3O3S/c1-4-15-13(2)28-21(24-19(25)14-8-7-11-22-12-14)18(15)20(26)23-16-9-5-6-10-17(16)27-3/h5-12H,4H2,1-3H3,(H,23,26)(H,24,25). The lowest BCUT2D eigenvalue weighted by atomic mass is 10.1. The Morgan fingerprint density at radius 1 is 1.11 bits per heavy atom. The zero-order chi connectivity index (χ0) is 20.1. The lowest BCUT2D eigenvalue weighted by Crippen LogP contribution is -2.18. The van der Waals surface area contributed by atoms with Crippen LogP contribution in [0.4, 0.5) is 10.7 Å². The highest BCUT2D eigenvalue weighted by molar-refractivity contribution is 7.16. The molecule has 7 heteroatoms. The second-order valence-electron chi connectivity index (χ2n) is 6.04. The van der Waals surface area contributed by atoms with Gasteiger partial charge in [0.2, 0.25) is 0 Å². The summed E-state index contributed by atoms with van der Waals surface area (Å²) < 4.78 is 5.31. The number of nitrogens with one attached hydrogen (secondary N) is 2. The molecule has 0 fully saturated rings. The van der Waals surface area contributed by atoms with E-state index in [-0.39, 0.29) is 11.8 Å². The number of carbonyl (C=O) groups excluding carboxylic acids is 2. The van der Waals surface area contributed by atoms with Crippen LogP contribution in [0.15, 0.2) is 48.8 Å². The number of rotatable bonds is 6. The molecule has 6 nitrogen and oxygen atoms in total. The Balaban J connectivity index is 1.93. The molecular weight excluding hydrogens is 374 g/mol. The number of aromatic nitrogens is 1. The first-order valence-electron chi connectivity index (χ1n) is 8.83. The van der Waals surface area contributed by atoms with Crippen molar-refractivity contribution in [3.8, 4) is 5.75 Å². The van der Waals surface area contributed by atoms with Crippen molar-refractivity contribution in [3.05, 3.63) is 70.4 Å². The van der Waals surface area contributed by atoms with Crippen LogP contribution in [-0.4, -0.2) is 23.9 Å². The normalized spacial score (nSPS) is 10.4. The average Bonchev–Trinajstić information content (AvgIpc) is 3.03. The smallest absolute Gasteiger partial charge is 0.259 e. The SMILES string of the molecule is CCc1c(C)sc(NC(=O)c2cccnc2)c1C(=O)Nc1ccccc1OC. The van der Waals surface area contributed by atoms with E-state index in [0.29, 0.717) is 34.0 Å².